The van der Waals surface area contributed by atoms with Crippen molar-refractivity contribution in [2.45, 2.75) is 44.9 Å². The summed E-state index contributed by atoms with van der Waals surface area (Å²) in [5.41, 5.74) is 1.61. The number of ether oxygens (including phenoxy) is 2. The van der Waals surface area contributed by atoms with E-state index in [1.807, 2.05) is 45.0 Å². The van der Waals surface area contributed by atoms with E-state index in [1.165, 1.54) is 0 Å². The third-order valence-corrected chi connectivity index (χ3v) is 4.92. The molecule has 0 unspecified atom stereocenters. The third kappa shape index (κ3) is 6.09. The Hall–Kier alpha value is -1.66. The quantitative estimate of drug-likeness (QED) is 0.730. The second kappa shape index (κ2) is 8.99. The van der Waals surface area contributed by atoms with Crippen LogP contribution in [0, 0.1) is 0 Å². The highest BCUT2D eigenvalue weighted by Gasteiger charge is 2.28. The molecule has 0 aromatic heterocycles. The fourth-order valence-corrected chi connectivity index (χ4v) is 2.72. The maximum absolute atomic E-state index is 12.3. The van der Waals surface area contributed by atoms with Crippen molar-refractivity contribution in [1.82, 2.24) is 4.72 Å². The summed E-state index contributed by atoms with van der Waals surface area (Å²) in [5, 5.41) is 0. The maximum atomic E-state index is 12.3. The van der Waals surface area contributed by atoms with Crippen LogP contribution in [0.5, 0.6) is 5.75 Å². The second-order valence-electron chi connectivity index (χ2n) is 6.34. The zero-order valence-corrected chi connectivity index (χ0v) is 15.9. The molecule has 1 rings (SSSR count). The van der Waals surface area contributed by atoms with Gasteiger partial charge in [0.15, 0.2) is 0 Å². The number of hydrogen-bond donors (Lipinski definition) is 1. The average molecular weight is 353 g/mol. The number of esters is 1. The highest BCUT2D eigenvalue weighted by molar-refractivity contribution is 7.84. The number of hydrogen-bond acceptors (Lipinski definition) is 4. The molecule has 2 atom stereocenters. The topological polar surface area (TPSA) is 64.6 Å². The Morgan fingerprint density at radius 2 is 2.04 bits per heavy atom. The number of carbonyl (C=O) groups is 1. The Balaban J connectivity index is 2.92. The first-order chi connectivity index (χ1) is 11.2. The number of carbonyl (C=O) groups excluding carboxylic acids is 1. The highest BCUT2D eigenvalue weighted by atomic mass is 32.2. The molecule has 5 nitrogen and oxygen atoms in total. The Morgan fingerprint density at radius 3 is 2.58 bits per heavy atom. The molecule has 134 valence electrons. The summed E-state index contributed by atoms with van der Waals surface area (Å²) in [7, 11) is 0.208. The van der Waals surface area contributed by atoms with Gasteiger partial charge in [-0.1, -0.05) is 18.7 Å². The molecule has 0 aliphatic rings. The van der Waals surface area contributed by atoms with Crippen molar-refractivity contribution >= 4 is 22.5 Å². The zero-order valence-electron chi connectivity index (χ0n) is 15.0. The predicted octanol–water partition coefficient (Wildman–Crippen LogP) is 3.08. The van der Waals surface area contributed by atoms with Gasteiger partial charge in [0.2, 0.25) is 0 Å². The minimum atomic E-state index is -1.39. The molecule has 6 heteroatoms. The van der Waals surface area contributed by atoms with Gasteiger partial charge in [-0.05, 0) is 57.4 Å². The summed E-state index contributed by atoms with van der Waals surface area (Å²) < 4.78 is 25.0. The average Bonchev–Trinajstić information content (AvgIpc) is 2.53. The van der Waals surface area contributed by atoms with Crippen LogP contribution in [0.1, 0.15) is 39.7 Å². The molecule has 0 saturated carbocycles. The molecule has 0 aliphatic carbocycles. The van der Waals surface area contributed by atoms with Crippen LogP contribution < -0.4 is 9.46 Å². The molecule has 1 aromatic carbocycles. The number of rotatable bonds is 8. The Labute approximate surface area is 147 Å². The van der Waals surface area contributed by atoms with Gasteiger partial charge in [-0.25, -0.2) is 8.93 Å². The van der Waals surface area contributed by atoms with Crippen molar-refractivity contribution in [3.8, 4) is 5.75 Å². The fourth-order valence-electron chi connectivity index (χ4n) is 1.93. The molecule has 0 spiro atoms. The second-order valence-corrected chi connectivity index (χ2v) is 8.34. The van der Waals surface area contributed by atoms with Crippen molar-refractivity contribution in [1.29, 1.82) is 0 Å². The van der Waals surface area contributed by atoms with Crippen molar-refractivity contribution in [3.63, 3.8) is 0 Å². The van der Waals surface area contributed by atoms with E-state index >= 15 is 0 Å². The summed E-state index contributed by atoms with van der Waals surface area (Å²) in [6.07, 6.45) is 0.299. The Morgan fingerprint density at radius 1 is 1.38 bits per heavy atom. The molecule has 0 radical (unpaired) electrons. The van der Waals surface area contributed by atoms with Gasteiger partial charge >= 0.3 is 5.97 Å². The van der Waals surface area contributed by atoms with E-state index in [0.717, 1.165) is 11.1 Å². The molecule has 0 saturated heterocycles. The van der Waals surface area contributed by atoms with Gasteiger partial charge < -0.3 is 9.47 Å². The monoisotopic (exact) mass is 353 g/mol. The molecule has 24 heavy (non-hydrogen) atoms. The van der Waals surface area contributed by atoms with Crippen LogP contribution in [0.4, 0.5) is 0 Å². The Bertz CT molecular complexity index is 607. The van der Waals surface area contributed by atoms with E-state index in [2.05, 4.69) is 11.3 Å². The Kier molecular flexibility index (Phi) is 7.63. The minimum absolute atomic E-state index is 0.269. The first-order valence-corrected chi connectivity index (χ1v) is 9.01. The van der Waals surface area contributed by atoms with Gasteiger partial charge in [0.1, 0.15) is 11.8 Å². The first kappa shape index (κ1) is 20.4. The zero-order chi connectivity index (χ0) is 18.3. The number of nitrogens with one attached hydrogen (secondary N) is 1. The number of methoxy groups -OCH3 is 1. The lowest BCUT2D eigenvalue weighted by atomic mass is 10.0. The summed E-state index contributed by atoms with van der Waals surface area (Å²) in [5.74, 6) is 0.284. The summed E-state index contributed by atoms with van der Waals surface area (Å²) in [6, 6.07) is 6.73. The molecular formula is C18H27NO4S. The van der Waals surface area contributed by atoms with Gasteiger partial charge in [-0.2, -0.15) is 0 Å². The van der Waals surface area contributed by atoms with Gasteiger partial charge in [0.25, 0.3) is 0 Å². The van der Waals surface area contributed by atoms with Crippen molar-refractivity contribution in [2.75, 3.05) is 13.7 Å². The standard InChI is InChI=1S/C18H27NO4S/c1-7-23-17(20)16(19-24(21)18(3,4)5)11-13(2)14-9-8-10-15(12-14)22-6/h8-10,12,16,19H,2,7,11H2,1,3-6H3/t16-,24-/m1/s1. The van der Waals surface area contributed by atoms with Crippen molar-refractivity contribution < 1.29 is 18.5 Å². The van der Waals surface area contributed by atoms with Gasteiger partial charge in [-0.15, -0.1) is 0 Å². The summed E-state index contributed by atoms with van der Waals surface area (Å²) in [6.45, 7) is 11.6. The number of benzene rings is 1. The normalized spacial score (nSPS) is 13.9. The van der Waals surface area contributed by atoms with E-state index in [1.54, 1.807) is 14.0 Å². The molecule has 0 aliphatic heterocycles. The van der Waals surface area contributed by atoms with Crippen LogP contribution in [0.3, 0.4) is 0 Å². The molecule has 0 heterocycles. The fraction of sp³-hybridized carbons (Fsp3) is 0.500. The first-order valence-electron chi connectivity index (χ1n) is 7.86. The van der Waals surface area contributed by atoms with Crippen LogP contribution in [0.25, 0.3) is 5.57 Å². The molecule has 0 amide bonds. The van der Waals surface area contributed by atoms with Gasteiger partial charge in [0, 0.05) is 0 Å². The molecule has 0 fully saturated rings. The smallest absolute Gasteiger partial charge is 0.324 e. The van der Waals surface area contributed by atoms with Crippen molar-refractivity contribution in [3.05, 3.63) is 36.4 Å². The third-order valence-electron chi connectivity index (χ3n) is 3.31. The molecular weight excluding hydrogens is 326 g/mol. The highest BCUT2D eigenvalue weighted by Crippen LogP contribution is 2.23. The lowest BCUT2D eigenvalue weighted by molar-refractivity contribution is -0.144. The summed E-state index contributed by atoms with van der Waals surface area (Å²) >= 11 is 0. The van der Waals surface area contributed by atoms with Crippen LogP contribution in [-0.4, -0.2) is 34.7 Å². The lowest BCUT2D eigenvalue weighted by Gasteiger charge is -2.23. The maximum Gasteiger partial charge on any atom is 0.324 e. The van der Waals surface area contributed by atoms with Crippen LogP contribution in [0.2, 0.25) is 0 Å². The van der Waals surface area contributed by atoms with Crippen LogP contribution >= 0.6 is 0 Å². The van der Waals surface area contributed by atoms with Crippen LogP contribution in [-0.2, 0) is 20.5 Å². The van der Waals surface area contributed by atoms with Gasteiger partial charge in [0.05, 0.1) is 29.4 Å². The van der Waals surface area contributed by atoms with Crippen molar-refractivity contribution in [2.24, 2.45) is 0 Å². The molecule has 0 bridgehead atoms. The van der Waals surface area contributed by atoms with Gasteiger partial charge in [-0.3, -0.25) is 4.79 Å². The largest absolute Gasteiger partial charge is 0.497 e. The van der Waals surface area contributed by atoms with E-state index in [4.69, 9.17) is 9.47 Å². The van der Waals surface area contributed by atoms with E-state index < -0.39 is 27.7 Å². The lowest BCUT2D eigenvalue weighted by Crippen LogP contribution is -2.44. The predicted molar refractivity (Wildman–Crippen MR) is 98.1 cm³/mol. The van der Waals surface area contributed by atoms with E-state index in [9.17, 15) is 9.00 Å². The van der Waals surface area contributed by atoms with Crippen LogP contribution in [0.15, 0.2) is 30.8 Å². The molecule has 1 aromatic rings. The van der Waals surface area contributed by atoms with E-state index in [0.29, 0.717) is 12.2 Å². The SMILES string of the molecule is C=C(C[C@@H](N[S@](=O)C(C)(C)C)C(=O)OCC)c1cccc(OC)c1. The van der Waals surface area contributed by atoms with E-state index in [-0.39, 0.29) is 6.61 Å². The molecule has 1 N–H and O–H groups in total. The summed E-state index contributed by atoms with van der Waals surface area (Å²) in [4.78, 5) is 12.2. The minimum Gasteiger partial charge on any atom is -0.497 e.